The van der Waals surface area contributed by atoms with Crippen LogP contribution < -0.4 is 14.4 Å². The SMILES string of the molecule is COc1cccc(CN2CCC[C@]3(CCN(c4cc(C#N)ccn4)C3)C2=O)c1OC. The van der Waals surface area contributed by atoms with Gasteiger partial charge in [0.05, 0.1) is 31.3 Å². The number of aromatic nitrogens is 1. The largest absolute Gasteiger partial charge is 0.493 e. The number of methoxy groups -OCH3 is 2. The van der Waals surface area contributed by atoms with Gasteiger partial charge in [-0.05, 0) is 37.5 Å². The maximum Gasteiger partial charge on any atom is 0.230 e. The van der Waals surface area contributed by atoms with Crippen molar-refractivity contribution < 1.29 is 14.3 Å². The van der Waals surface area contributed by atoms with Crippen molar-refractivity contribution in [2.45, 2.75) is 25.8 Å². The van der Waals surface area contributed by atoms with E-state index in [-0.39, 0.29) is 5.91 Å². The van der Waals surface area contributed by atoms with Crippen molar-refractivity contribution in [2.75, 3.05) is 38.8 Å². The second-order valence-electron chi connectivity index (χ2n) is 7.95. The Morgan fingerprint density at radius 1 is 1.20 bits per heavy atom. The van der Waals surface area contributed by atoms with Crippen molar-refractivity contribution in [3.8, 4) is 17.6 Å². The number of pyridine rings is 1. The molecule has 7 heteroatoms. The van der Waals surface area contributed by atoms with Gasteiger partial charge in [0.2, 0.25) is 5.91 Å². The molecule has 0 saturated carbocycles. The van der Waals surface area contributed by atoms with Gasteiger partial charge in [-0.1, -0.05) is 12.1 Å². The molecule has 2 aliphatic heterocycles. The van der Waals surface area contributed by atoms with E-state index in [1.165, 1.54) is 0 Å². The fourth-order valence-electron chi connectivity index (χ4n) is 4.69. The number of carbonyl (C=O) groups is 1. The average molecular weight is 406 g/mol. The smallest absolute Gasteiger partial charge is 0.230 e. The van der Waals surface area contributed by atoms with Crippen molar-refractivity contribution >= 4 is 11.7 Å². The summed E-state index contributed by atoms with van der Waals surface area (Å²) in [5.74, 6) is 2.31. The van der Waals surface area contributed by atoms with Gasteiger partial charge in [0, 0.05) is 37.9 Å². The molecule has 2 aliphatic rings. The molecule has 0 unspecified atom stereocenters. The number of piperidine rings is 1. The van der Waals surface area contributed by atoms with Gasteiger partial charge in [-0.15, -0.1) is 0 Å². The Morgan fingerprint density at radius 2 is 2.07 bits per heavy atom. The van der Waals surface area contributed by atoms with Gasteiger partial charge in [-0.2, -0.15) is 5.26 Å². The van der Waals surface area contributed by atoms with Crippen LogP contribution in [0.5, 0.6) is 11.5 Å². The van der Waals surface area contributed by atoms with Crippen molar-refractivity contribution in [3.05, 3.63) is 47.7 Å². The van der Waals surface area contributed by atoms with Crippen LogP contribution in [0.3, 0.4) is 0 Å². The number of carbonyl (C=O) groups excluding carboxylic acids is 1. The molecular weight excluding hydrogens is 380 g/mol. The second kappa shape index (κ2) is 8.23. The first-order valence-electron chi connectivity index (χ1n) is 10.2. The summed E-state index contributed by atoms with van der Waals surface area (Å²) in [7, 11) is 3.24. The van der Waals surface area contributed by atoms with E-state index in [2.05, 4.69) is 16.0 Å². The number of amides is 1. The first-order chi connectivity index (χ1) is 14.6. The summed E-state index contributed by atoms with van der Waals surface area (Å²) in [6, 6.07) is 11.4. The zero-order valence-electron chi connectivity index (χ0n) is 17.4. The maximum atomic E-state index is 13.6. The van der Waals surface area contributed by atoms with Gasteiger partial charge in [0.25, 0.3) is 0 Å². The highest BCUT2D eigenvalue weighted by Crippen LogP contribution is 2.42. The van der Waals surface area contributed by atoms with Crippen molar-refractivity contribution in [3.63, 3.8) is 0 Å². The van der Waals surface area contributed by atoms with Gasteiger partial charge < -0.3 is 19.3 Å². The summed E-state index contributed by atoms with van der Waals surface area (Å²) in [6.07, 6.45) is 4.31. The average Bonchev–Trinajstić information content (AvgIpc) is 3.22. The topological polar surface area (TPSA) is 78.7 Å². The zero-order chi connectivity index (χ0) is 21.1. The van der Waals surface area contributed by atoms with Crippen LogP contribution in [0, 0.1) is 16.7 Å². The Morgan fingerprint density at radius 3 is 2.83 bits per heavy atom. The summed E-state index contributed by atoms with van der Waals surface area (Å²) >= 11 is 0. The lowest BCUT2D eigenvalue weighted by Gasteiger charge is -2.39. The van der Waals surface area contributed by atoms with E-state index in [4.69, 9.17) is 14.7 Å². The summed E-state index contributed by atoms with van der Waals surface area (Å²) in [6.45, 7) is 2.65. The first-order valence-corrected chi connectivity index (χ1v) is 10.2. The van der Waals surface area contributed by atoms with E-state index < -0.39 is 5.41 Å². The number of para-hydroxylation sites is 1. The standard InChI is InChI=1S/C23H26N4O3/c1-29-19-6-3-5-18(21(19)30-2)15-26-11-4-8-23(22(26)28)9-12-27(16-23)20-13-17(14-24)7-10-25-20/h3,5-7,10,13H,4,8-9,11-12,15-16H2,1-2H3/t23-/m1/s1. The highest BCUT2D eigenvalue weighted by molar-refractivity contribution is 5.85. The van der Waals surface area contributed by atoms with E-state index >= 15 is 0 Å². The van der Waals surface area contributed by atoms with Crippen molar-refractivity contribution in [1.82, 2.24) is 9.88 Å². The molecule has 0 N–H and O–H groups in total. The molecule has 7 nitrogen and oxygen atoms in total. The number of hydrogen-bond donors (Lipinski definition) is 0. The third kappa shape index (κ3) is 3.54. The van der Waals surface area contributed by atoms with Crippen LogP contribution in [-0.4, -0.2) is 49.6 Å². The van der Waals surface area contributed by atoms with Crippen LogP contribution in [0.15, 0.2) is 36.5 Å². The molecule has 2 fully saturated rings. The molecule has 156 valence electrons. The molecular formula is C23H26N4O3. The number of benzene rings is 1. The molecule has 1 aromatic carbocycles. The fraction of sp³-hybridized carbons (Fsp3) is 0.435. The Hall–Kier alpha value is -3.27. The Bertz CT molecular complexity index is 987. The van der Waals surface area contributed by atoms with Crippen LogP contribution in [0.2, 0.25) is 0 Å². The fourth-order valence-corrected chi connectivity index (χ4v) is 4.69. The van der Waals surface area contributed by atoms with Crippen LogP contribution >= 0.6 is 0 Å². The van der Waals surface area contributed by atoms with Crippen LogP contribution in [0.25, 0.3) is 0 Å². The lowest BCUT2D eigenvalue weighted by Crippen LogP contribution is -2.49. The van der Waals surface area contributed by atoms with E-state index in [0.29, 0.717) is 30.2 Å². The number of hydrogen-bond acceptors (Lipinski definition) is 6. The van der Waals surface area contributed by atoms with E-state index in [9.17, 15) is 4.79 Å². The molecule has 2 saturated heterocycles. The molecule has 0 radical (unpaired) electrons. The molecule has 0 aliphatic carbocycles. The summed E-state index contributed by atoms with van der Waals surface area (Å²) in [4.78, 5) is 22.1. The summed E-state index contributed by atoms with van der Waals surface area (Å²) < 4.78 is 11.0. The summed E-state index contributed by atoms with van der Waals surface area (Å²) in [5, 5.41) is 9.17. The highest BCUT2D eigenvalue weighted by atomic mass is 16.5. The molecule has 1 amide bonds. The predicted molar refractivity (Wildman–Crippen MR) is 112 cm³/mol. The number of nitriles is 1. The molecule has 2 aromatic rings. The summed E-state index contributed by atoms with van der Waals surface area (Å²) in [5.41, 5.74) is 1.14. The molecule has 30 heavy (non-hydrogen) atoms. The van der Waals surface area contributed by atoms with E-state index in [0.717, 1.165) is 43.7 Å². The number of rotatable bonds is 5. The van der Waals surface area contributed by atoms with E-state index in [1.807, 2.05) is 23.1 Å². The molecule has 1 aromatic heterocycles. The Kier molecular flexibility index (Phi) is 5.49. The molecule has 0 bridgehead atoms. The number of likely N-dealkylation sites (tertiary alicyclic amines) is 1. The lowest BCUT2D eigenvalue weighted by atomic mass is 9.78. The lowest BCUT2D eigenvalue weighted by molar-refractivity contribution is -0.145. The van der Waals surface area contributed by atoms with Crippen LogP contribution in [-0.2, 0) is 11.3 Å². The monoisotopic (exact) mass is 406 g/mol. The molecule has 3 heterocycles. The molecule has 4 rings (SSSR count). The van der Waals surface area contributed by atoms with Gasteiger partial charge in [0.1, 0.15) is 5.82 Å². The second-order valence-corrected chi connectivity index (χ2v) is 7.95. The third-order valence-electron chi connectivity index (χ3n) is 6.22. The minimum atomic E-state index is -0.394. The van der Waals surface area contributed by atoms with Crippen LogP contribution in [0.1, 0.15) is 30.4 Å². The normalized spacial score (nSPS) is 21.0. The minimum Gasteiger partial charge on any atom is -0.493 e. The number of anilines is 1. The van der Waals surface area contributed by atoms with Crippen molar-refractivity contribution in [2.24, 2.45) is 5.41 Å². The number of ether oxygens (including phenoxy) is 2. The molecule has 1 atom stereocenters. The predicted octanol–water partition coefficient (Wildman–Crippen LogP) is 2.99. The molecule has 1 spiro atoms. The number of nitrogens with zero attached hydrogens (tertiary/aromatic N) is 4. The Labute approximate surface area is 176 Å². The van der Waals surface area contributed by atoms with Gasteiger partial charge in [-0.3, -0.25) is 4.79 Å². The van der Waals surface area contributed by atoms with E-state index in [1.54, 1.807) is 32.5 Å². The minimum absolute atomic E-state index is 0.192. The van der Waals surface area contributed by atoms with Gasteiger partial charge >= 0.3 is 0 Å². The van der Waals surface area contributed by atoms with Crippen LogP contribution in [0.4, 0.5) is 5.82 Å². The van der Waals surface area contributed by atoms with Crippen molar-refractivity contribution in [1.29, 1.82) is 5.26 Å². The Balaban J connectivity index is 1.53. The van der Waals surface area contributed by atoms with Gasteiger partial charge in [0.15, 0.2) is 11.5 Å². The quantitative estimate of drug-likeness (QED) is 0.760. The highest BCUT2D eigenvalue weighted by Gasteiger charge is 2.48. The third-order valence-corrected chi connectivity index (χ3v) is 6.22. The first kappa shape index (κ1) is 20.0. The maximum absolute atomic E-state index is 13.6. The van der Waals surface area contributed by atoms with Gasteiger partial charge in [-0.25, -0.2) is 4.98 Å². The zero-order valence-corrected chi connectivity index (χ0v) is 17.4.